The Morgan fingerprint density at radius 2 is 1.85 bits per heavy atom. The number of halogens is 1. The molecule has 2 unspecified atom stereocenters. The number of methoxy groups -OCH3 is 1. The van der Waals surface area contributed by atoms with Crippen molar-refractivity contribution in [1.82, 2.24) is 4.90 Å². The molecule has 1 fully saturated rings. The largest absolute Gasteiger partial charge is 0.493 e. The number of benzene rings is 1. The predicted molar refractivity (Wildman–Crippen MR) is 85.1 cm³/mol. The Balaban J connectivity index is 0.00000200. The topological polar surface area (TPSA) is 21.7 Å². The van der Waals surface area contributed by atoms with Gasteiger partial charge < -0.3 is 9.47 Å². The molecule has 0 spiro atoms. The highest BCUT2D eigenvalue weighted by molar-refractivity contribution is 5.85. The van der Waals surface area contributed by atoms with Crippen molar-refractivity contribution in [3.8, 4) is 11.5 Å². The van der Waals surface area contributed by atoms with Crippen LogP contribution >= 0.6 is 12.4 Å². The number of hydrogen-bond acceptors (Lipinski definition) is 3. The summed E-state index contributed by atoms with van der Waals surface area (Å²) in [5.74, 6) is 3.29. The van der Waals surface area contributed by atoms with Gasteiger partial charge in [-0.05, 0) is 36.9 Å². The molecule has 1 aliphatic rings. The van der Waals surface area contributed by atoms with E-state index in [9.17, 15) is 0 Å². The average molecular weight is 300 g/mol. The van der Waals surface area contributed by atoms with Gasteiger partial charge in [-0.2, -0.15) is 0 Å². The van der Waals surface area contributed by atoms with Crippen LogP contribution in [0.25, 0.3) is 0 Å². The van der Waals surface area contributed by atoms with Crippen molar-refractivity contribution in [2.24, 2.45) is 11.8 Å². The van der Waals surface area contributed by atoms with Crippen LogP contribution < -0.4 is 9.47 Å². The first kappa shape index (κ1) is 17.1. The summed E-state index contributed by atoms with van der Waals surface area (Å²) in [6.45, 7) is 8.80. The van der Waals surface area contributed by atoms with E-state index in [1.54, 1.807) is 7.11 Å². The normalized spacial score (nSPS) is 22.9. The van der Waals surface area contributed by atoms with Crippen molar-refractivity contribution in [2.75, 3.05) is 33.4 Å². The van der Waals surface area contributed by atoms with Crippen LogP contribution in [0.1, 0.15) is 20.3 Å². The van der Waals surface area contributed by atoms with Crippen LogP contribution in [0.2, 0.25) is 0 Å². The van der Waals surface area contributed by atoms with Crippen LogP contribution in [0.15, 0.2) is 24.3 Å². The molecule has 0 radical (unpaired) electrons. The van der Waals surface area contributed by atoms with Gasteiger partial charge >= 0.3 is 0 Å². The number of hydrogen-bond donors (Lipinski definition) is 0. The maximum absolute atomic E-state index is 5.83. The second-order valence-corrected chi connectivity index (χ2v) is 5.54. The zero-order chi connectivity index (χ0) is 13.7. The Hall–Kier alpha value is -0.930. The zero-order valence-electron chi connectivity index (χ0n) is 12.7. The van der Waals surface area contributed by atoms with Crippen molar-refractivity contribution in [2.45, 2.75) is 20.3 Å². The molecule has 0 N–H and O–H groups in total. The van der Waals surface area contributed by atoms with Gasteiger partial charge in [0, 0.05) is 13.1 Å². The third-order valence-corrected chi connectivity index (χ3v) is 4.15. The quantitative estimate of drug-likeness (QED) is 0.831. The highest BCUT2D eigenvalue weighted by atomic mass is 35.5. The fourth-order valence-electron chi connectivity index (χ4n) is 2.58. The summed E-state index contributed by atoms with van der Waals surface area (Å²) in [5.41, 5.74) is 0. The molecular formula is C16H26ClNO2. The van der Waals surface area contributed by atoms with Crippen molar-refractivity contribution >= 4 is 12.4 Å². The van der Waals surface area contributed by atoms with Gasteiger partial charge in [0.15, 0.2) is 11.5 Å². The first-order valence-electron chi connectivity index (χ1n) is 7.19. The van der Waals surface area contributed by atoms with Crippen molar-refractivity contribution in [3.05, 3.63) is 24.3 Å². The summed E-state index contributed by atoms with van der Waals surface area (Å²) < 4.78 is 11.1. The lowest BCUT2D eigenvalue weighted by Crippen LogP contribution is -2.40. The number of nitrogens with zero attached hydrogens (tertiary/aromatic N) is 1. The molecule has 4 heteroatoms. The molecule has 114 valence electrons. The minimum Gasteiger partial charge on any atom is -0.493 e. The lowest BCUT2D eigenvalue weighted by Gasteiger charge is -2.35. The van der Waals surface area contributed by atoms with Crippen molar-refractivity contribution in [1.29, 1.82) is 0 Å². The summed E-state index contributed by atoms with van der Waals surface area (Å²) >= 11 is 0. The molecule has 1 saturated heterocycles. The second kappa shape index (κ2) is 8.38. The van der Waals surface area contributed by atoms with E-state index in [0.717, 1.165) is 36.5 Å². The van der Waals surface area contributed by atoms with E-state index in [1.165, 1.54) is 19.5 Å². The number of likely N-dealkylation sites (tertiary alicyclic amines) is 1. The van der Waals surface area contributed by atoms with Gasteiger partial charge in [-0.3, -0.25) is 4.90 Å². The monoisotopic (exact) mass is 299 g/mol. The molecule has 20 heavy (non-hydrogen) atoms. The first-order valence-corrected chi connectivity index (χ1v) is 7.19. The van der Waals surface area contributed by atoms with E-state index < -0.39 is 0 Å². The van der Waals surface area contributed by atoms with Crippen LogP contribution in [0.3, 0.4) is 0 Å². The number of para-hydroxylation sites is 2. The summed E-state index contributed by atoms with van der Waals surface area (Å²) in [6.07, 6.45) is 1.30. The SMILES string of the molecule is COc1ccccc1OCCN1CCC(C)C(C)C1.Cl. The molecule has 0 amide bonds. The molecule has 0 aliphatic carbocycles. The Kier molecular flexibility index (Phi) is 7.17. The molecule has 1 heterocycles. The Morgan fingerprint density at radius 3 is 2.50 bits per heavy atom. The predicted octanol–water partition coefficient (Wildman–Crippen LogP) is 3.47. The van der Waals surface area contributed by atoms with Gasteiger partial charge in [0.2, 0.25) is 0 Å². The third-order valence-electron chi connectivity index (χ3n) is 4.15. The average Bonchev–Trinajstić information content (AvgIpc) is 2.43. The number of rotatable bonds is 5. The van der Waals surface area contributed by atoms with Gasteiger partial charge in [0.25, 0.3) is 0 Å². The molecule has 1 aliphatic heterocycles. The van der Waals surface area contributed by atoms with E-state index in [4.69, 9.17) is 9.47 Å². The van der Waals surface area contributed by atoms with Gasteiger partial charge in [-0.1, -0.05) is 26.0 Å². The molecule has 2 atom stereocenters. The molecule has 0 aromatic heterocycles. The summed E-state index contributed by atoms with van der Waals surface area (Å²) in [6, 6.07) is 7.82. The molecule has 1 aromatic carbocycles. The smallest absolute Gasteiger partial charge is 0.161 e. The van der Waals surface area contributed by atoms with E-state index in [-0.39, 0.29) is 12.4 Å². The van der Waals surface area contributed by atoms with E-state index >= 15 is 0 Å². The van der Waals surface area contributed by atoms with Gasteiger partial charge in [-0.15, -0.1) is 12.4 Å². The fourth-order valence-corrected chi connectivity index (χ4v) is 2.58. The number of piperidine rings is 1. The second-order valence-electron chi connectivity index (χ2n) is 5.54. The third kappa shape index (κ3) is 4.57. The Morgan fingerprint density at radius 1 is 1.15 bits per heavy atom. The van der Waals surface area contributed by atoms with Gasteiger partial charge in [0.1, 0.15) is 6.61 Å². The van der Waals surface area contributed by atoms with Crippen LogP contribution in [-0.4, -0.2) is 38.3 Å². The Labute approximate surface area is 128 Å². The fraction of sp³-hybridized carbons (Fsp3) is 0.625. The van der Waals surface area contributed by atoms with Crippen molar-refractivity contribution < 1.29 is 9.47 Å². The molecule has 0 saturated carbocycles. The number of ether oxygens (including phenoxy) is 2. The minimum absolute atomic E-state index is 0. The Bertz CT molecular complexity index is 400. The zero-order valence-corrected chi connectivity index (χ0v) is 13.5. The van der Waals surface area contributed by atoms with Gasteiger partial charge in [0.05, 0.1) is 7.11 Å². The summed E-state index contributed by atoms with van der Waals surface area (Å²) in [7, 11) is 1.68. The first-order chi connectivity index (χ1) is 9.20. The molecular weight excluding hydrogens is 274 g/mol. The van der Waals surface area contributed by atoms with E-state index in [0.29, 0.717) is 0 Å². The van der Waals surface area contributed by atoms with Crippen LogP contribution in [-0.2, 0) is 0 Å². The maximum atomic E-state index is 5.83. The van der Waals surface area contributed by atoms with E-state index in [1.807, 2.05) is 24.3 Å². The van der Waals surface area contributed by atoms with Crippen LogP contribution in [0, 0.1) is 11.8 Å². The van der Waals surface area contributed by atoms with E-state index in [2.05, 4.69) is 18.7 Å². The standard InChI is InChI=1S/C16H25NO2.ClH/c1-13-8-9-17(12-14(13)2)10-11-19-16-7-5-4-6-15(16)18-3;/h4-7,13-14H,8-12H2,1-3H3;1H. The minimum atomic E-state index is 0. The van der Waals surface area contributed by atoms with Crippen molar-refractivity contribution in [3.63, 3.8) is 0 Å². The molecule has 2 rings (SSSR count). The molecule has 3 nitrogen and oxygen atoms in total. The summed E-state index contributed by atoms with van der Waals surface area (Å²) in [5, 5.41) is 0. The lowest BCUT2D eigenvalue weighted by molar-refractivity contribution is 0.119. The highest BCUT2D eigenvalue weighted by Gasteiger charge is 2.22. The molecule has 0 bridgehead atoms. The van der Waals surface area contributed by atoms with Crippen LogP contribution in [0.5, 0.6) is 11.5 Å². The van der Waals surface area contributed by atoms with Gasteiger partial charge in [-0.25, -0.2) is 0 Å². The maximum Gasteiger partial charge on any atom is 0.161 e. The molecule has 1 aromatic rings. The van der Waals surface area contributed by atoms with Crippen LogP contribution in [0.4, 0.5) is 0 Å². The summed E-state index contributed by atoms with van der Waals surface area (Å²) in [4.78, 5) is 2.50. The highest BCUT2D eigenvalue weighted by Crippen LogP contribution is 2.26. The lowest BCUT2D eigenvalue weighted by atomic mass is 9.89.